The molecule has 2 N–H and O–H groups in total. The molecule has 1 aliphatic heterocycles. The number of anilines is 3. The quantitative estimate of drug-likeness (QED) is 0.349. The Kier molecular flexibility index (Phi) is 9.20. The SMILES string of the molecule is CCOC(=O)CCc1ccc2c(c1)CCCN2C(=O)Cc1ccc(NC(=O)Nc2ccccc2C)c(OC)c1. The Labute approximate surface area is 229 Å². The maximum absolute atomic E-state index is 13.3. The van der Waals surface area contributed by atoms with Gasteiger partial charge in [-0.25, -0.2) is 4.79 Å². The summed E-state index contributed by atoms with van der Waals surface area (Å²) in [6.45, 7) is 4.77. The van der Waals surface area contributed by atoms with Crippen LogP contribution in [0.2, 0.25) is 0 Å². The zero-order valence-electron chi connectivity index (χ0n) is 22.7. The van der Waals surface area contributed by atoms with Gasteiger partial charge in [0.2, 0.25) is 5.91 Å². The van der Waals surface area contributed by atoms with Crippen molar-refractivity contribution in [3.8, 4) is 5.75 Å². The van der Waals surface area contributed by atoms with E-state index in [1.165, 1.54) is 7.11 Å². The molecular formula is C31H35N3O5. The van der Waals surface area contributed by atoms with Crippen LogP contribution in [0.1, 0.15) is 42.0 Å². The van der Waals surface area contributed by atoms with Gasteiger partial charge in [0.1, 0.15) is 5.75 Å². The highest BCUT2D eigenvalue weighted by atomic mass is 16.5. The van der Waals surface area contributed by atoms with Crippen LogP contribution >= 0.6 is 0 Å². The largest absolute Gasteiger partial charge is 0.495 e. The predicted octanol–water partition coefficient (Wildman–Crippen LogP) is 5.67. The van der Waals surface area contributed by atoms with E-state index < -0.39 is 0 Å². The van der Waals surface area contributed by atoms with Crippen molar-refractivity contribution in [1.29, 1.82) is 0 Å². The zero-order valence-corrected chi connectivity index (χ0v) is 22.7. The molecule has 3 aromatic rings. The number of hydrogen-bond acceptors (Lipinski definition) is 5. The molecule has 3 amide bonds. The minimum absolute atomic E-state index is 0.00437. The van der Waals surface area contributed by atoms with Crippen LogP contribution in [-0.4, -0.2) is 38.2 Å². The number of carbonyl (C=O) groups is 3. The highest BCUT2D eigenvalue weighted by molar-refractivity contribution is 6.01. The van der Waals surface area contributed by atoms with Gasteiger partial charge in [0.25, 0.3) is 0 Å². The number of fused-ring (bicyclic) bond motifs is 1. The highest BCUT2D eigenvalue weighted by Gasteiger charge is 2.23. The number of carbonyl (C=O) groups excluding carboxylic acids is 3. The van der Waals surface area contributed by atoms with E-state index >= 15 is 0 Å². The number of aryl methyl sites for hydroxylation is 3. The molecular weight excluding hydrogens is 494 g/mol. The molecule has 0 aromatic heterocycles. The summed E-state index contributed by atoms with van der Waals surface area (Å²) in [5.41, 5.74) is 6.09. The Bertz CT molecular complexity index is 1350. The maximum Gasteiger partial charge on any atom is 0.323 e. The number of rotatable bonds is 9. The fraction of sp³-hybridized carbons (Fsp3) is 0.323. The third-order valence-electron chi connectivity index (χ3n) is 6.75. The first-order valence-corrected chi connectivity index (χ1v) is 13.3. The average Bonchev–Trinajstić information content (AvgIpc) is 2.93. The number of amides is 3. The lowest BCUT2D eigenvalue weighted by atomic mass is 9.97. The van der Waals surface area contributed by atoms with Crippen LogP contribution in [0.15, 0.2) is 60.7 Å². The summed E-state index contributed by atoms with van der Waals surface area (Å²) < 4.78 is 10.5. The monoisotopic (exact) mass is 529 g/mol. The standard InChI is InChI=1S/C31H35N3O5/c1-4-39-30(36)16-13-22-12-15-27-24(18-22)9-7-17-34(27)29(35)20-23-11-14-26(28(19-23)38-3)33-31(37)32-25-10-6-5-8-21(25)2/h5-6,8,10-12,14-15,18-19H,4,7,9,13,16-17,20H2,1-3H3,(H2,32,33,37). The minimum Gasteiger partial charge on any atom is -0.495 e. The third-order valence-corrected chi connectivity index (χ3v) is 6.75. The van der Waals surface area contributed by atoms with Crippen molar-refractivity contribution in [3.05, 3.63) is 82.9 Å². The Morgan fingerprint density at radius 3 is 2.49 bits per heavy atom. The first kappa shape index (κ1) is 27.7. The van der Waals surface area contributed by atoms with E-state index in [1.54, 1.807) is 19.1 Å². The van der Waals surface area contributed by atoms with E-state index in [-0.39, 0.29) is 24.3 Å². The van der Waals surface area contributed by atoms with E-state index in [9.17, 15) is 14.4 Å². The summed E-state index contributed by atoms with van der Waals surface area (Å²) >= 11 is 0. The van der Waals surface area contributed by atoms with Crippen LogP contribution in [0.25, 0.3) is 0 Å². The van der Waals surface area contributed by atoms with Gasteiger partial charge in [-0.1, -0.05) is 36.4 Å². The van der Waals surface area contributed by atoms with Crippen LogP contribution < -0.4 is 20.3 Å². The topological polar surface area (TPSA) is 97.0 Å². The lowest BCUT2D eigenvalue weighted by Gasteiger charge is -2.30. The van der Waals surface area contributed by atoms with E-state index in [1.807, 2.05) is 54.3 Å². The smallest absolute Gasteiger partial charge is 0.323 e. The number of benzene rings is 3. The third kappa shape index (κ3) is 7.16. The number of nitrogens with one attached hydrogen (secondary N) is 2. The van der Waals surface area contributed by atoms with Crippen LogP contribution in [-0.2, 0) is 33.6 Å². The predicted molar refractivity (Wildman–Crippen MR) is 153 cm³/mol. The maximum atomic E-state index is 13.3. The Morgan fingerprint density at radius 1 is 0.949 bits per heavy atom. The van der Waals surface area contributed by atoms with Gasteiger partial charge in [-0.2, -0.15) is 0 Å². The summed E-state index contributed by atoms with van der Waals surface area (Å²) in [7, 11) is 1.53. The number of hydrogen-bond donors (Lipinski definition) is 2. The molecule has 1 aliphatic rings. The molecule has 0 spiro atoms. The fourth-order valence-electron chi connectivity index (χ4n) is 4.75. The van der Waals surface area contributed by atoms with E-state index in [4.69, 9.17) is 9.47 Å². The van der Waals surface area contributed by atoms with E-state index in [2.05, 4.69) is 16.7 Å². The van der Waals surface area contributed by atoms with E-state index in [0.29, 0.717) is 37.4 Å². The summed E-state index contributed by atoms with van der Waals surface area (Å²) in [6.07, 6.45) is 2.93. The van der Waals surface area contributed by atoms with E-state index in [0.717, 1.165) is 46.5 Å². The van der Waals surface area contributed by atoms with Gasteiger partial charge in [0.15, 0.2) is 0 Å². The molecule has 0 bridgehead atoms. The molecule has 0 fully saturated rings. The molecule has 8 heteroatoms. The van der Waals surface area contributed by atoms with Gasteiger partial charge in [-0.05, 0) is 79.6 Å². The van der Waals surface area contributed by atoms with Gasteiger partial charge < -0.3 is 25.0 Å². The van der Waals surface area contributed by atoms with Crippen LogP contribution in [0.5, 0.6) is 5.75 Å². The first-order valence-electron chi connectivity index (χ1n) is 13.3. The Balaban J connectivity index is 1.41. The van der Waals surface area contributed by atoms with Gasteiger partial charge in [-0.15, -0.1) is 0 Å². The summed E-state index contributed by atoms with van der Waals surface area (Å²) in [5.74, 6) is 0.274. The summed E-state index contributed by atoms with van der Waals surface area (Å²) in [6, 6.07) is 18.6. The number of para-hydroxylation sites is 1. The van der Waals surface area contributed by atoms with Gasteiger partial charge in [-0.3, -0.25) is 9.59 Å². The molecule has 1 heterocycles. The second-order valence-corrected chi connectivity index (χ2v) is 9.52. The van der Waals surface area contributed by atoms with Crippen molar-refractivity contribution in [3.63, 3.8) is 0 Å². The fourth-order valence-corrected chi connectivity index (χ4v) is 4.75. The van der Waals surface area contributed by atoms with Crippen molar-refractivity contribution < 1.29 is 23.9 Å². The second-order valence-electron chi connectivity index (χ2n) is 9.52. The van der Waals surface area contributed by atoms with Crippen molar-refractivity contribution in [1.82, 2.24) is 0 Å². The van der Waals surface area contributed by atoms with Crippen molar-refractivity contribution in [2.24, 2.45) is 0 Å². The van der Waals surface area contributed by atoms with Crippen molar-refractivity contribution >= 4 is 35.0 Å². The zero-order chi connectivity index (χ0) is 27.8. The van der Waals surface area contributed by atoms with Gasteiger partial charge in [0.05, 0.1) is 25.8 Å². The molecule has 3 aromatic carbocycles. The van der Waals surface area contributed by atoms with Crippen LogP contribution in [0.3, 0.4) is 0 Å². The lowest BCUT2D eigenvalue weighted by Crippen LogP contribution is -2.36. The molecule has 8 nitrogen and oxygen atoms in total. The summed E-state index contributed by atoms with van der Waals surface area (Å²) in [4.78, 5) is 39.5. The normalized spacial score (nSPS) is 12.3. The highest BCUT2D eigenvalue weighted by Crippen LogP contribution is 2.31. The number of esters is 1. The average molecular weight is 530 g/mol. The second kappa shape index (κ2) is 13.0. The Hall–Kier alpha value is -4.33. The molecule has 0 aliphatic carbocycles. The van der Waals surface area contributed by atoms with Crippen molar-refractivity contribution in [2.75, 3.05) is 35.8 Å². The molecule has 0 atom stereocenters. The molecule has 0 saturated heterocycles. The molecule has 0 radical (unpaired) electrons. The lowest BCUT2D eigenvalue weighted by molar-refractivity contribution is -0.143. The van der Waals surface area contributed by atoms with Crippen molar-refractivity contribution in [2.45, 2.75) is 46.0 Å². The Morgan fingerprint density at radius 2 is 1.72 bits per heavy atom. The minimum atomic E-state index is -0.377. The number of ether oxygens (including phenoxy) is 2. The van der Waals surface area contributed by atoms with Crippen LogP contribution in [0.4, 0.5) is 21.9 Å². The number of methoxy groups -OCH3 is 1. The molecule has 39 heavy (non-hydrogen) atoms. The molecule has 204 valence electrons. The molecule has 4 rings (SSSR count). The number of nitrogens with zero attached hydrogens (tertiary/aromatic N) is 1. The van der Waals surface area contributed by atoms with Gasteiger partial charge in [0, 0.05) is 24.3 Å². The molecule has 0 saturated carbocycles. The van der Waals surface area contributed by atoms with Gasteiger partial charge >= 0.3 is 12.0 Å². The first-order chi connectivity index (χ1) is 18.9. The number of urea groups is 1. The summed E-state index contributed by atoms with van der Waals surface area (Å²) in [5, 5.41) is 5.67. The molecule has 0 unspecified atom stereocenters. The van der Waals surface area contributed by atoms with Crippen LogP contribution in [0, 0.1) is 6.92 Å².